The summed E-state index contributed by atoms with van der Waals surface area (Å²) in [4.78, 5) is 27.5. The molecule has 0 saturated heterocycles. The first kappa shape index (κ1) is 16.7. The molecule has 3 heterocycles. The average Bonchev–Trinajstić information content (AvgIpc) is 3.38. The molecular weight excluding hydrogens is 360 g/mol. The fourth-order valence-electron chi connectivity index (χ4n) is 4.11. The van der Waals surface area contributed by atoms with Crippen molar-refractivity contribution in [2.75, 3.05) is 31.4 Å². The van der Waals surface area contributed by atoms with Crippen LogP contribution in [0.2, 0.25) is 0 Å². The van der Waals surface area contributed by atoms with E-state index in [0.29, 0.717) is 23.8 Å². The van der Waals surface area contributed by atoms with Crippen molar-refractivity contribution < 1.29 is 23.8 Å². The topological polar surface area (TPSA) is 77.1 Å². The molecule has 2 aromatic rings. The molecule has 28 heavy (non-hydrogen) atoms. The predicted octanol–water partition coefficient (Wildman–Crippen LogP) is 1.74. The molecule has 5 rings (SSSR count). The van der Waals surface area contributed by atoms with E-state index in [2.05, 4.69) is 11.9 Å². The minimum Gasteiger partial charge on any atom is -0.491 e. The number of fused-ring (bicyclic) bond motifs is 5. The number of carbonyl (C=O) groups excluding carboxylic acids is 2. The highest BCUT2D eigenvalue weighted by Crippen LogP contribution is 2.54. The van der Waals surface area contributed by atoms with E-state index in [1.165, 1.54) is 4.90 Å². The predicted molar refractivity (Wildman–Crippen MR) is 101 cm³/mol. The number of hydrogen-bond acceptors (Lipinski definition) is 5. The van der Waals surface area contributed by atoms with Crippen molar-refractivity contribution in [2.24, 2.45) is 0 Å². The van der Waals surface area contributed by atoms with E-state index in [9.17, 15) is 9.59 Å². The van der Waals surface area contributed by atoms with Crippen molar-refractivity contribution in [3.05, 3.63) is 60.2 Å². The monoisotopic (exact) mass is 378 g/mol. The van der Waals surface area contributed by atoms with Crippen LogP contribution < -0.4 is 24.4 Å². The van der Waals surface area contributed by atoms with Gasteiger partial charge < -0.3 is 24.4 Å². The second-order valence-corrected chi connectivity index (χ2v) is 6.90. The van der Waals surface area contributed by atoms with Gasteiger partial charge in [-0.1, -0.05) is 24.3 Å². The molecule has 1 N–H and O–H groups in total. The second-order valence-electron chi connectivity index (χ2n) is 6.90. The van der Waals surface area contributed by atoms with E-state index in [4.69, 9.17) is 14.2 Å². The molecule has 0 fully saturated rings. The molecule has 0 saturated carbocycles. The zero-order valence-corrected chi connectivity index (χ0v) is 15.1. The van der Waals surface area contributed by atoms with Crippen molar-refractivity contribution in [3.63, 3.8) is 0 Å². The number of anilines is 1. The fraction of sp³-hybridized carbons (Fsp3) is 0.238. The summed E-state index contributed by atoms with van der Waals surface area (Å²) in [5, 5.41) is 2.72. The Morgan fingerprint density at radius 2 is 1.93 bits per heavy atom. The van der Waals surface area contributed by atoms with E-state index in [0.717, 1.165) is 16.8 Å². The van der Waals surface area contributed by atoms with Crippen LogP contribution in [0.3, 0.4) is 0 Å². The summed E-state index contributed by atoms with van der Waals surface area (Å²) in [5.41, 5.74) is 1.29. The minimum absolute atomic E-state index is 0.0642. The van der Waals surface area contributed by atoms with E-state index < -0.39 is 5.41 Å². The van der Waals surface area contributed by atoms with Crippen molar-refractivity contribution in [1.29, 1.82) is 0 Å². The Morgan fingerprint density at radius 3 is 2.75 bits per heavy atom. The molecule has 7 nitrogen and oxygen atoms in total. The first-order valence-corrected chi connectivity index (χ1v) is 9.01. The number of benzene rings is 2. The number of carbonyl (C=O) groups is 2. The highest BCUT2D eigenvalue weighted by Gasteiger charge is 2.57. The van der Waals surface area contributed by atoms with Gasteiger partial charge in [0.15, 0.2) is 11.5 Å². The maximum Gasteiger partial charge on any atom is 0.246 e. The molecule has 2 aromatic carbocycles. The molecule has 0 radical (unpaired) electrons. The van der Waals surface area contributed by atoms with Gasteiger partial charge in [-0.25, -0.2) is 0 Å². The smallest absolute Gasteiger partial charge is 0.246 e. The molecule has 2 amide bonds. The van der Waals surface area contributed by atoms with Crippen LogP contribution in [0.25, 0.3) is 0 Å². The van der Waals surface area contributed by atoms with Crippen LogP contribution in [0.15, 0.2) is 49.1 Å². The van der Waals surface area contributed by atoms with Gasteiger partial charge in [-0.15, -0.1) is 6.58 Å². The number of hydrogen-bond donors (Lipinski definition) is 1. The van der Waals surface area contributed by atoms with Gasteiger partial charge in [-0.2, -0.15) is 0 Å². The third-order valence-electron chi connectivity index (χ3n) is 5.39. The lowest BCUT2D eigenvalue weighted by molar-refractivity contribution is -0.125. The third kappa shape index (κ3) is 2.16. The lowest BCUT2D eigenvalue weighted by Gasteiger charge is -2.23. The number of amides is 2. The van der Waals surface area contributed by atoms with Gasteiger partial charge in [0.05, 0.1) is 0 Å². The molecule has 0 aliphatic carbocycles. The van der Waals surface area contributed by atoms with Gasteiger partial charge in [0.2, 0.25) is 18.6 Å². The number of ether oxygens (including phenoxy) is 3. The zero-order chi connectivity index (χ0) is 19.3. The van der Waals surface area contributed by atoms with Crippen LogP contribution in [0.4, 0.5) is 5.69 Å². The average molecular weight is 378 g/mol. The molecule has 3 aliphatic rings. The van der Waals surface area contributed by atoms with Gasteiger partial charge in [0.25, 0.3) is 0 Å². The summed E-state index contributed by atoms with van der Waals surface area (Å²) < 4.78 is 16.8. The zero-order valence-electron chi connectivity index (χ0n) is 15.1. The maximum absolute atomic E-state index is 13.6. The van der Waals surface area contributed by atoms with Gasteiger partial charge in [0, 0.05) is 23.9 Å². The van der Waals surface area contributed by atoms with Gasteiger partial charge in [-0.3, -0.25) is 9.59 Å². The Balaban J connectivity index is 1.60. The van der Waals surface area contributed by atoms with Crippen LogP contribution in [0, 0.1) is 0 Å². The van der Waals surface area contributed by atoms with Crippen LogP contribution in [-0.4, -0.2) is 38.3 Å². The van der Waals surface area contributed by atoms with Crippen molar-refractivity contribution in [2.45, 2.75) is 5.41 Å². The quantitative estimate of drug-likeness (QED) is 0.821. The summed E-state index contributed by atoms with van der Waals surface area (Å²) in [5.74, 6) is 1.38. The number of rotatable bonds is 4. The van der Waals surface area contributed by atoms with Crippen LogP contribution in [0.5, 0.6) is 17.2 Å². The summed E-state index contributed by atoms with van der Waals surface area (Å²) in [6.07, 6.45) is 1.60. The van der Waals surface area contributed by atoms with Crippen LogP contribution >= 0.6 is 0 Å². The minimum atomic E-state index is -0.994. The molecule has 142 valence electrons. The number of para-hydroxylation sites is 1. The summed E-state index contributed by atoms with van der Waals surface area (Å²) in [7, 11) is 0. The number of nitrogens with one attached hydrogen (secondary N) is 1. The first-order chi connectivity index (χ1) is 13.6. The summed E-state index contributed by atoms with van der Waals surface area (Å²) >= 11 is 0. The van der Waals surface area contributed by atoms with E-state index in [-0.39, 0.29) is 31.8 Å². The van der Waals surface area contributed by atoms with E-state index in [1.54, 1.807) is 12.1 Å². The highest BCUT2D eigenvalue weighted by atomic mass is 16.7. The van der Waals surface area contributed by atoms with Crippen molar-refractivity contribution in [3.8, 4) is 17.2 Å². The maximum atomic E-state index is 13.6. The fourth-order valence-corrected chi connectivity index (χ4v) is 4.11. The van der Waals surface area contributed by atoms with Gasteiger partial charge in [-0.05, 0) is 17.7 Å². The first-order valence-electron chi connectivity index (χ1n) is 9.01. The molecule has 0 bridgehead atoms. The molecule has 1 spiro atoms. The Bertz CT molecular complexity index is 1020. The molecule has 1 atom stereocenters. The Morgan fingerprint density at radius 1 is 1.14 bits per heavy atom. The van der Waals surface area contributed by atoms with E-state index in [1.807, 2.05) is 30.3 Å². The molecule has 0 aromatic heterocycles. The van der Waals surface area contributed by atoms with Crippen LogP contribution in [0.1, 0.15) is 11.1 Å². The lowest BCUT2D eigenvalue weighted by atomic mass is 9.77. The lowest BCUT2D eigenvalue weighted by Crippen LogP contribution is -2.46. The van der Waals surface area contributed by atoms with Gasteiger partial charge >= 0.3 is 0 Å². The Kier molecular flexibility index (Phi) is 3.58. The second kappa shape index (κ2) is 6.02. The largest absolute Gasteiger partial charge is 0.491 e. The third-order valence-corrected chi connectivity index (χ3v) is 5.39. The highest BCUT2D eigenvalue weighted by molar-refractivity contribution is 6.13. The molecule has 1 unspecified atom stereocenters. The summed E-state index contributed by atoms with van der Waals surface area (Å²) in [6.45, 7) is 4.20. The van der Waals surface area contributed by atoms with Crippen molar-refractivity contribution in [1.82, 2.24) is 5.32 Å². The van der Waals surface area contributed by atoms with Crippen molar-refractivity contribution >= 4 is 17.5 Å². The normalized spacial score (nSPS) is 20.7. The molecule has 7 heteroatoms. The van der Waals surface area contributed by atoms with Crippen LogP contribution in [-0.2, 0) is 15.0 Å². The standard InChI is InChI=1S/C21H18N2O5/c1-2-7-22-19(24)10-23-15-6-4-3-5-13(15)21(20(23)25)11-26-16-9-18-17(8-14(16)21)27-12-28-18/h2-6,8-9H,1,7,10-12H2,(H,22,24). The Labute approximate surface area is 161 Å². The summed E-state index contributed by atoms with van der Waals surface area (Å²) in [6, 6.07) is 11.1. The number of nitrogens with zero attached hydrogens (tertiary/aromatic N) is 1. The molecule has 3 aliphatic heterocycles. The SMILES string of the molecule is C=CCNC(=O)CN1C(=O)C2(COc3cc4c(cc32)OCO4)c2ccccc21. The van der Waals surface area contributed by atoms with E-state index >= 15 is 0 Å². The molecular formula is C21H18N2O5. The van der Waals surface area contributed by atoms with Gasteiger partial charge in [0.1, 0.15) is 24.3 Å². The Hall–Kier alpha value is -3.48.